The number of aromatic carboxylic acids is 1. The molecule has 0 fully saturated rings. The first-order chi connectivity index (χ1) is 14.8. The number of H-pyrrole nitrogens is 1. The third-order valence-electron chi connectivity index (χ3n) is 4.78. The van der Waals surface area contributed by atoms with Crippen LogP contribution in [0.4, 0.5) is 5.69 Å². The number of benzene rings is 2. The number of nitrogens with one attached hydrogen (secondary N) is 1. The maximum absolute atomic E-state index is 12.7. The lowest BCUT2D eigenvalue weighted by Gasteiger charge is -2.13. The summed E-state index contributed by atoms with van der Waals surface area (Å²) in [5.74, 6) is -1.76. The number of carbonyl (C=O) groups excluding carboxylic acids is 1. The van der Waals surface area contributed by atoms with Gasteiger partial charge in [0.05, 0.1) is 11.3 Å². The van der Waals surface area contributed by atoms with Crippen LogP contribution in [0, 0.1) is 0 Å². The van der Waals surface area contributed by atoms with Crippen LogP contribution >= 0.6 is 0 Å². The molecule has 156 valence electrons. The molecule has 4 aromatic rings. The predicted molar refractivity (Wildman–Crippen MR) is 115 cm³/mol. The van der Waals surface area contributed by atoms with Crippen LogP contribution in [0.1, 0.15) is 20.8 Å². The molecule has 0 saturated heterocycles. The van der Waals surface area contributed by atoms with Crippen LogP contribution in [0.15, 0.2) is 53.3 Å². The highest BCUT2D eigenvalue weighted by Crippen LogP contribution is 2.23. The van der Waals surface area contributed by atoms with Gasteiger partial charge in [-0.3, -0.25) is 4.79 Å². The summed E-state index contributed by atoms with van der Waals surface area (Å²) < 4.78 is 1.33. The topological polar surface area (TPSA) is 147 Å². The van der Waals surface area contributed by atoms with E-state index >= 15 is 0 Å². The van der Waals surface area contributed by atoms with Gasteiger partial charge in [0.25, 0.3) is 5.91 Å². The maximum atomic E-state index is 12.7. The van der Waals surface area contributed by atoms with Crippen molar-refractivity contribution in [3.8, 4) is 17.1 Å². The molecule has 2 aromatic carbocycles. The van der Waals surface area contributed by atoms with Gasteiger partial charge in [0.15, 0.2) is 17.2 Å². The number of aromatic amines is 1. The molecule has 4 rings (SSSR count). The Hall–Kier alpha value is -4.47. The van der Waals surface area contributed by atoms with Crippen LogP contribution < -0.4 is 16.3 Å². The van der Waals surface area contributed by atoms with Crippen molar-refractivity contribution in [2.75, 3.05) is 19.0 Å². The molecule has 4 N–H and O–H groups in total. The molecule has 10 heteroatoms. The Kier molecular flexibility index (Phi) is 4.74. The molecule has 31 heavy (non-hydrogen) atoms. The lowest BCUT2D eigenvalue weighted by atomic mass is 10.1. The van der Waals surface area contributed by atoms with Crippen LogP contribution in [0.3, 0.4) is 0 Å². The number of aromatic nitrogens is 4. The Labute approximate surface area is 175 Å². The molecule has 0 unspecified atom stereocenters. The number of anilines is 1. The SMILES string of the molecule is CN(C)c1ccc(-n2c(=O)[nH]c3c(C(N)=O)nc(-c4ccc(C(=O)O)cc4)nc32)cc1. The zero-order valence-electron chi connectivity index (χ0n) is 16.7. The number of carboxylic acids is 1. The largest absolute Gasteiger partial charge is 0.478 e. The van der Waals surface area contributed by atoms with E-state index in [0.717, 1.165) is 5.69 Å². The molecular formula is C21H18N6O4. The van der Waals surface area contributed by atoms with Gasteiger partial charge < -0.3 is 20.7 Å². The molecule has 0 aliphatic heterocycles. The van der Waals surface area contributed by atoms with E-state index in [1.807, 2.05) is 31.1 Å². The van der Waals surface area contributed by atoms with Crippen molar-refractivity contribution in [3.63, 3.8) is 0 Å². The number of hydrogen-bond acceptors (Lipinski definition) is 6. The third-order valence-corrected chi connectivity index (χ3v) is 4.78. The molecule has 2 aromatic heterocycles. The van der Waals surface area contributed by atoms with Crippen molar-refractivity contribution < 1.29 is 14.7 Å². The van der Waals surface area contributed by atoms with Gasteiger partial charge in [-0.15, -0.1) is 0 Å². The standard InChI is InChI=1S/C21H18N6O4/c1-26(2)13-7-9-14(10-8-13)27-19-16(24-21(27)31)15(17(22)28)23-18(25-19)11-3-5-12(6-4-11)20(29)30/h3-10H,1-2H3,(H2,22,28)(H,24,31)(H,29,30). The first-order valence-corrected chi connectivity index (χ1v) is 9.20. The smallest absolute Gasteiger partial charge is 0.335 e. The summed E-state index contributed by atoms with van der Waals surface area (Å²) in [4.78, 5) is 49.1. The quantitative estimate of drug-likeness (QED) is 0.446. The average molecular weight is 418 g/mol. The number of nitrogens with two attached hydrogens (primary N) is 1. The van der Waals surface area contributed by atoms with Gasteiger partial charge in [-0.2, -0.15) is 0 Å². The average Bonchev–Trinajstić information content (AvgIpc) is 3.08. The van der Waals surface area contributed by atoms with Crippen molar-refractivity contribution in [2.24, 2.45) is 5.73 Å². The molecule has 2 heterocycles. The number of amides is 1. The van der Waals surface area contributed by atoms with E-state index in [1.165, 1.54) is 28.8 Å². The fourth-order valence-electron chi connectivity index (χ4n) is 3.19. The van der Waals surface area contributed by atoms with Crippen LogP contribution in [0.2, 0.25) is 0 Å². The Morgan fingerprint density at radius 1 is 1.03 bits per heavy atom. The van der Waals surface area contributed by atoms with Crippen molar-refractivity contribution in [2.45, 2.75) is 0 Å². The number of nitrogens with zero attached hydrogens (tertiary/aromatic N) is 4. The molecule has 0 radical (unpaired) electrons. The highest BCUT2D eigenvalue weighted by atomic mass is 16.4. The minimum Gasteiger partial charge on any atom is -0.478 e. The van der Waals surface area contributed by atoms with Gasteiger partial charge in [-0.25, -0.2) is 24.1 Å². The van der Waals surface area contributed by atoms with Gasteiger partial charge in [0.1, 0.15) is 5.52 Å². The summed E-state index contributed by atoms with van der Waals surface area (Å²) in [6.07, 6.45) is 0. The van der Waals surface area contributed by atoms with Gasteiger partial charge >= 0.3 is 11.7 Å². The summed E-state index contributed by atoms with van der Waals surface area (Å²) in [7, 11) is 3.81. The second-order valence-corrected chi connectivity index (χ2v) is 7.02. The monoisotopic (exact) mass is 418 g/mol. The van der Waals surface area contributed by atoms with E-state index < -0.39 is 17.6 Å². The number of rotatable bonds is 5. The Balaban J connectivity index is 1.94. The molecule has 0 saturated carbocycles. The molecule has 0 bridgehead atoms. The van der Waals surface area contributed by atoms with Gasteiger partial charge in [-0.05, 0) is 36.4 Å². The van der Waals surface area contributed by atoms with E-state index in [0.29, 0.717) is 11.3 Å². The lowest BCUT2D eigenvalue weighted by Crippen LogP contribution is -2.15. The number of hydrogen-bond donors (Lipinski definition) is 3. The zero-order chi connectivity index (χ0) is 22.3. The minimum absolute atomic E-state index is 0.0967. The summed E-state index contributed by atoms with van der Waals surface area (Å²) in [5.41, 5.74) is 7.23. The van der Waals surface area contributed by atoms with E-state index in [1.54, 1.807) is 12.1 Å². The van der Waals surface area contributed by atoms with Gasteiger partial charge in [0, 0.05) is 25.3 Å². The maximum Gasteiger partial charge on any atom is 0.335 e. The summed E-state index contributed by atoms with van der Waals surface area (Å²) in [6, 6.07) is 13.1. The Morgan fingerprint density at radius 3 is 2.23 bits per heavy atom. The zero-order valence-corrected chi connectivity index (χ0v) is 16.7. The number of carbonyl (C=O) groups is 2. The normalized spacial score (nSPS) is 10.9. The molecule has 0 spiro atoms. The second kappa shape index (κ2) is 7.41. The molecule has 0 aliphatic carbocycles. The molecule has 0 aliphatic rings. The van der Waals surface area contributed by atoms with E-state index in [2.05, 4.69) is 15.0 Å². The first-order valence-electron chi connectivity index (χ1n) is 9.20. The van der Waals surface area contributed by atoms with Crippen LogP contribution in [-0.2, 0) is 0 Å². The molecular weight excluding hydrogens is 400 g/mol. The molecule has 0 atom stereocenters. The highest BCUT2D eigenvalue weighted by molar-refractivity contribution is 6.02. The first kappa shape index (κ1) is 19.8. The highest BCUT2D eigenvalue weighted by Gasteiger charge is 2.20. The summed E-state index contributed by atoms with van der Waals surface area (Å²) in [6.45, 7) is 0. The Bertz CT molecular complexity index is 1370. The number of carboxylic acid groups (broad SMARTS) is 1. The van der Waals surface area contributed by atoms with Crippen molar-refractivity contribution in [1.29, 1.82) is 0 Å². The summed E-state index contributed by atoms with van der Waals surface area (Å²) >= 11 is 0. The van der Waals surface area contributed by atoms with Crippen molar-refractivity contribution in [1.82, 2.24) is 19.5 Å². The summed E-state index contributed by atoms with van der Waals surface area (Å²) in [5, 5.41) is 9.09. The van der Waals surface area contributed by atoms with E-state index in [-0.39, 0.29) is 28.2 Å². The second-order valence-electron chi connectivity index (χ2n) is 7.02. The number of fused-ring (bicyclic) bond motifs is 1. The number of primary amides is 1. The Morgan fingerprint density at radius 2 is 1.68 bits per heavy atom. The molecule has 10 nitrogen and oxygen atoms in total. The predicted octanol–water partition coefficient (Wildman–Crippen LogP) is 1.64. The van der Waals surface area contributed by atoms with Gasteiger partial charge in [-0.1, -0.05) is 12.1 Å². The van der Waals surface area contributed by atoms with Crippen LogP contribution in [0.5, 0.6) is 0 Å². The lowest BCUT2D eigenvalue weighted by molar-refractivity contribution is 0.0696. The fourth-order valence-corrected chi connectivity index (χ4v) is 3.19. The van der Waals surface area contributed by atoms with Crippen molar-refractivity contribution in [3.05, 3.63) is 70.3 Å². The molecule has 1 amide bonds. The van der Waals surface area contributed by atoms with Gasteiger partial charge in [0.2, 0.25) is 0 Å². The van der Waals surface area contributed by atoms with E-state index in [4.69, 9.17) is 10.8 Å². The third kappa shape index (κ3) is 3.50. The fraction of sp³-hybridized carbons (Fsp3) is 0.0952. The number of imidazole rings is 1. The minimum atomic E-state index is -1.07. The van der Waals surface area contributed by atoms with Crippen molar-refractivity contribution >= 4 is 28.7 Å². The van der Waals surface area contributed by atoms with Crippen LogP contribution in [-0.4, -0.2) is 50.6 Å². The van der Waals surface area contributed by atoms with Crippen LogP contribution in [0.25, 0.3) is 28.2 Å². The van der Waals surface area contributed by atoms with E-state index in [9.17, 15) is 14.4 Å².